The lowest BCUT2D eigenvalue weighted by Crippen LogP contribution is -2.14. The Kier molecular flexibility index (Phi) is 4.73. The molecule has 0 unspecified atom stereocenters. The summed E-state index contributed by atoms with van der Waals surface area (Å²) < 4.78 is 12.9. The number of anilines is 1. The Labute approximate surface area is 140 Å². The van der Waals surface area contributed by atoms with Gasteiger partial charge < -0.3 is 5.32 Å². The number of aryl methyl sites for hydroxylation is 1. The van der Waals surface area contributed by atoms with Crippen molar-refractivity contribution in [2.75, 3.05) is 5.32 Å². The van der Waals surface area contributed by atoms with Crippen LogP contribution in [-0.2, 0) is 17.6 Å². The first-order chi connectivity index (χ1) is 11.1. The maximum Gasteiger partial charge on any atom is 0.232 e. The minimum absolute atomic E-state index is 0.165. The van der Waals surface area contributed by atoms with Gasteiger partial charge in [0.15, 0.2) is 0 Å². The fourth-order valence-electron chi connectivity index (χ4n) is 1.89. The van der Waals surface area contributed by atoms with Gasteiger partial charge in [0.2, 0.25) is 11.0 Å². The summed E-state index contributed by atoms with van der Waals surface area (Å²) in [6, 6.07) is 6.13. The molecule has 0 aliphatic rings. The number of benzene rings is 1. The topological polar surface area (TPSA) is 67.8 Å². The zero-order valence-corrected chi connectivity index (χ0v) is 13.9. The minimum atomic E-state index is -0.284. The molecule has 1 N–H and O–H groups in total. The van der Waals surface area contributed by atoms with Gasteiger partial charge in [-0.1, -0.05) is 18.3 Å². The third kappa shape index (κ3) is 3.96. The van der Waals surface area contributed by atoms with E-state index in [1.807, 2.05) is 12.3 Å². The number of hydrogen-bond donors (Lipinski definition) is 1. The van der Waals surface area contributed by atoms with Crippen LogP contribution in [0.4, 0.5) is 9.52 Å². The Morgan fingerprint density at radius 1 is 1.26 bits per heavy atom. The number of nitrogens with zero attached hydrogens (tertiary/aromatic N) is 3. The molecule has 0 bridgehead atoms. The van der Waals surface area contributed by atoms with Gasteiger partial charge in [0.05, 0.1) is 12.1 Å². The Hall–Kier alpha value is -2.19. The Morgan fingerprint density at radius 2 is 2.04 bits per heavy atom. The van der Waals surface area contributed by atoms with E-state index in [9.17, 15) is 9.18 Å². The fourth-order valence-corrected chi connectivity index (χ4v) is 3.41. The highest BCUT2D eigenvalue weighted by molar-refractivity contribution is 7.15. The molecule has 0 fully saturated rings. The number of nitrogens with one attached hydrogen (secondary N) is 1. The van der Waals surface area contributed by atoms with Gasteiger partial charge in [0, 0.05) is 10.9 Å². The van der Waals surface area contributed by atoms with Crippen LogP contribution in [0.1, 0.15) is 17.6 Å². The molecule has 3 aromatic rings. The summed E-state index contributed by atoms with van der Waals surface area (Å²) in [4.78, 5) is 16.4. The molecule has 0 atom stereocenters. The van der Waals surface area contributed by atoms with E-state index in [-0.39, 0.29) is 18.1 Å². The summed E-state index contributed by atoms with van der Waals surface area (Å²) >= 11 is 2.79. The standard InChI is InChI=1S/C15H13FN4OS2/c1-2-13-19-20-15(23-13)18-12(21)7-11-8-22-14(17-11)9-3-5-10(16)6-4-9/h3-6,8H,2,7H2,1H3,(H,18,20,21). The van der Waals surface area contributed by atoms with Crippen LogP contribution >= 0.6 is 22.7 Å². The van der Waals surface area contributed by atoms with Crippen LogP contribution in [-0.4, -0.2) is 21.1 Å². The molecule has 2 aromatic heterocycles. The summed E-state index contributed by atoms with van der Waals surface area (Å²) in [5, 5.41) is 14.6. The molecule has 0 aliphatic heterocycles. The number of thiazole rings is 1. The van der Waals surface area contributed by atoms with E-state index in [4.69, 9.17) is 0 Å². The predicted octanol–water partition coefficient (Wildman–Crippen LogP) is 3.54. The molecular formula is C15H13FN4OS2. The Bertz CT molecular complexity index is 813. The molecule has 8 heteroatoms. The lowest BCUT2D eigenvalue weighted by Gasteiger charge is -1.98. The zero-order valence-electron chi connectivity index (χ0n) is 12.2. The Morgan fingerprint density at radius 3 is 2.74 bits per heavy atom. The maximum atomic E-state index is 12.9. The van der Waals surface area contributed by atoms with Gasteiger partial charge in [-0.25, -0.2) is 9.37 Å². The number of carbonyl (C=O) groups excluding carboxylic acids is 1. The molecule has 0 radical (unpaired) electrons. The second-order valence-corrected chi connectivity index (χ2v) is 6.65. The van der Waals surface area contributed by atoms with Crippen molar-refractivity contribution in [1.82, 2.24) is 15.2 Å². The van der Waals surface area contributed by atoms with E-state index in [0.29, 0.717) is 10.8 Å². The van der Waals surface area contributed by atoms with Gasteiger partial charge in [0.1, 0.15) is 15.8 Å². The van der Waals surface area contributed by atoms with Gasteiger partial charge >= 0.3 is 0 Å². The predicted molar refractivity (Wildman–Crippen MR) is 89.1 cm³/mol. The molecule has 0 spiro atoms. The van der Waals surface area contributed by atoms with E-state index in [1.165, 1.54) is 34.8 Å². The van der Waals surface area contributed by atoms with E-state index in [0.717, 1.165) is 22.0 Å². The van der Waals surface area contributed by atoms with Crippen LogP contribution in [0, 0.1) is 5.82 Å². The number of rotatable bonds is 5. The third-order valence-electron chi connectivity index (χ3n) is 3.00. The molecule has 0 aliphatic carbocycles. The molecular weight excluding hydrogens is 335 g/mol. The average molecular weight is 348 g/mol. The first-order valence-corrected chi connectivity index (χ1v) is 8.66. The molecule has 118 valence electrons. The molecule has 0 saturated heterocycles. The summed E-state index contributed by atoms with van der Waals surface area (Å²) in [6.07, 6.45) is 0.958. The van der Waals surface area contributed by atoms with Crippen molar-refractivity contribution < 1.29 is 9.18 Å². The van der Waals surface area contributed by atoms with Crippen LogP contribution in [0.5, 0.6) is 0 Å². The number of carbonyl (C=O) groups is 1. The highest BCUT2D eigenvalue weighted by Crippen LogP contribution is 2.24. The summed E-state index contributed by atoms with van der Waals surface area (Å²) in [5.41, 5.74) is 1.51. The highest BCUT2D eigenvalue weighted by Gasteiger charge is 2.11. The highest BCUT2D eigenvalue weighted by atomic mass is 32.1. The molecule has 23 heavy (non-hydrogen) atoms. The monoisotopic (exact) mass is 348 g/mol. The summed E-state index contributed by atoms with van der Waals surface area (Å²) in [7, 11) is 0. The third-order valence-corrected chi connectivity index (χ3v) is 4.92. The molecule has 1 amide bonds. The number of hydrogen-bond acceptors (Lipinski definition) is 6. The first kappa shape index (κ1) is 15.7. The average Bonchev–Trinajstić information content (AvgIpc) is 3.17. The van der Waals surface area contributed by atoms with E-state index >= 15 is 0 Å². The SMILES string of the molecule is CCc1nnc(NC(=O)Cc2csc(-c3ccc(F)cc3)n2)s1. The van der Waals surface area contributed by atoms with Crippen LogP contribution < -0.4 is 5.32 Å². The van der Waals surface area contributed by atoms with Gasteiger partial charge in [-0.3, -0.25) is 4.79 Å². The Balaban J connectivity index is 1.64. The smallest absolute Gasteiger partial charge is 0.232 e. The number of halogens is 1. The second kappa shape index (κ2) is 6.93. The van der Waals surface area contributed by atoms with Crippen LogP contribution in [0.3, 0.4) is 0 Å². The van der Waals surface area contributed by atoms with Crippen LogP contribution in [0.15, 0.2) is 29.6 Å². The van der Waals surface area contributed by atoms with Gasteiger partial charge in [-0.2, -0.15) is 0 Å². The number of amides is 1. The number of aromatic nitrogens is 3. The largest absolute Gasteiger partial charge is 0.300 e. The van der Waals surface area contributed by atoms with Gasteiger partial charge in [-0.05, 0) is 30.7 Å². The van der Waals surface area contributed by atoms with Crippen molar-refractivity contribution in [1.29, 1.82) is 0 Å². The molecule has 3 rings (SSSR count). The molecule has 2 heterocycles. The van der Waals surface area contributed by atoms with Crippen molar-refractivity contribution >= 4 is 33.7 Å². The normalized spacial score (nSPS) is 10.7. The van der Waals surface area contributed by atoms with Crippen molar-refractivity contribution in [2.24, 2.45) is 0 Å². The van der Waals surface area contributed by atoms with Crippen molar-refractivity contribution in [3.8, 4) is 10.6 Å². The molecule has 1 aromatic carbocycles. The maximum absolute atomic E-state index is 12.9. The zero-order chi connectivity index (χ0) is 16.2. The van der Waals surface area contributed by atoms with E-state index in [2.05, 4.69) is 20.5 Å². The van der Waals surface area contributed by atoms with Crippen LogP contribution in [0.2, 0.25) is 0 Å². The minimum Gasteiger partial charge on any atom is -0.300 e. The van der Waals surface area contributed by atoms with Gasteiger partial charge in [-0.15, -0.1) is 21.5 Å². The van der Waals surface area contributed by atoms with E-state index in [1.54, 1.807) is 12.1 Å². The molecule has 5 nitrogen and oxygen atoms in total. The fraction of sp³-hybridized carbons (Fsp3) is 0.200. The lowest BCUT2D eigenvalue weighted by molar-refractivity contribution is -0.115. The second-order valence-electron chi connectivity index (χ2n) is 4.73. The lowest BCUT2D eigenvalue weighted by atomic mass is 10.2. The van der Waals surface area contributed by atoms with Crippen molar-refractivity contribution in [3.63, 3.8) is 0 Å². The molecule has 0 saturated carbocycles. The van der Waals surface area contributed by atoms with Gasteiger partial charge in [0.25, 0.3) is 0 Å². The quantitative estimate of drug-likeness (QED) is 0.766. The van der Waals surface area contributed by atoms with Crippen LogP contribution in [0.25, 0.3) is 10.6 Å². The van der Waals surface area contributed by atoms with Crippen molar-refractivity contribution in [3.05, 3.63) is 46.2 Å². The van der Waals surface area contributed by atoms with Crippen molar-refractivity contribution in [2.45, 2.75) is 19.8 Å². The summed E-state index contributed by atoms with van der Waals surface area (Å²) in [6.45, 7) is 1.98. The summed E-state index contributed by atoms with van der Waals surface area (Å²) in [5.74, 6) is -0.465. The first-order valence-electron chi connectivity index (χ1n) is 6.96. The van der Waals surface area contributed by atoms with E-state index < -0.39 is 0 Å².